The van der Waals surface area contributed by atoms with Crippen LogP contribution in [-0.2, 0) is 0 Å². The van der Waals surface area contributed by atoms with E-state index in [4.69, 9.17) is 0 Å². The summed E-state index contributed by atoms with van der Waals surface area (Å²) in [5, 5.41) is 2.68. The van der Waals surface area contributed by atoms with E-state index >= 15 is 0 Å². The smallest absolute Gasteiger partial charge is 0.0155 e. The van der Waals surface area contributed by atoms with Crippen molar-refractivity contribution in [1.82, 2.24) is 0 Å². The van der Waals surface area contributed by atoms with E-state index in [1.165, 1.54) is 16.3 Å². The van der Waals surface area contributed by atoms with Gasteiger partial charge in [0, 0.05) is 0 Å². The molecule has 0 radical (unpaired) electrons. The van der Waals surface area contributed by atoms with Crippen LogP contribution in [0.3, 0.4) is 0 Å². The van der Waals surface area contributed by atoms with Crippen LogP contribution in [0.2, 0.25) is 0 Å². The van der Waals surface area contributed by atoms with Gasteiger partial charge in [0.1, 0.15) is 0 Å². The van der Waals surface area contributed by atoms with Crippen LogP contribution < -0.4 is 0 Å². The van der Waals surface area contributed by atoms with Gasteiger partial charge in [-0.05, 0) is 23.3 Å². The molecule has 0 heterocycles. The number of aryl methyl sites for hydroxylation is 1. The molecule has 11 heavy (non-hydrogen) atoms. The van der Waals surface area contributed by atoms with Crippen LogP contribution in [0.5, 0.6) is 0 Å². The highest BCUT2D eigenvalue weighted by atomic mass is 13.9. The highest BCUT2D eigenvalue weighted by Crippen LogP contribution is 2.16. The Morgan fingerprint density at radius 1 is 0.818 bits per heavy atom. The maximum absolute atomic E-state index is 2.16. The van der Waals surface area contributed by atoms with Crippen LogP contribution in [0.15, 0.2) is 42.5 Å². The Kier molecular flexibility index (Phi) is 1.39. The van der Waals surface area contributed by atoms with Crippen molar-refractivity contribution in [3.63, 3.8) is 0 Å². The molecule has 2 aromatic rings. The second-order valence-corrected chi connectivity index (χ2v) is 2.80. The molecule has 0 nitrogen and oxygen atoms in total. The van der Waals surface area contributed by atoms with E-state index < -0.39 is 0 Å². The van der Waals surface area contributed by atoms with Gasteiger partial charge in [0.25, 0.3) is 0 Å². The molecule has 0 fully saturated rings. The zero-order valence-electron chi connectivity index (χ0n) is 6.54. The first-order valence-electron chi connectivity index (χ1n) is 3.82. The lowest BCUT2D eigenvalue weighted by Crippen LogP contribution is -1.75. The Balaban J connectivity index is 2.91. The monoisotopic (exact) mass is 141 g/mol. The van der Waals surface area contributed by atoms with E-state index in [1.54, 1.807) is 0 Å². The van der Waals surface area contributed by atoms with E-state index in [2.05, 4.69) is 49.4 Å². The molecule has 0 saturated carbocycles. The molecule has 0 aliphatic heterocycles. The average Bonchev–Trinajstić information content (AvgIpc) is 2.06. The molecule has 0 N–H and O–H groups in total. The standard InChI is InChI=1S/C11H10/c1-9-5-4-7-10-6-2-3-8-11(9)10/h2-8H,1H3/i1-1. The first-order valence-corrected chi connectivity index (χ1v) is 3.82. The predicted octanol–water partition coefficient (Wildman–Crippen LogP) is 3.15. The fraction of sp³-hybridized carbons (Fsp3) is 0.0909. The summed E-state index contributed by atoms with van der Waals surface area (Å²) in [5.74, 6) is 0. The lowest BCUT2D eigenvalue weighted by molar-refractivity contribution is 1.53. The Bertz CT molecular complexity index is 369. The minimum absolute atomic E-state index is 1.33. The molecule has 0 saturated heterocycles. The lowest BCUT2D eigenvalue weighted by atomic mass is 9.96. The number of rotatable bonds is 0. The fourth-order valence-corrected chi connectivity index (χ4v) is 1.39. The number of fused-ring (bicyclic) bond motifs is 1. The zero-order chi connectivity index (χ0) is 7.68. The average molecular weight is 141 g/mol. The summed E-state index contributed by atoms with van der Waals surface area (Å²) in [6, 6.07) is 14.8. The third kappa shape index (κ3) is 1.01. The van der Waals surface area contributed by atoms with Crippen LogP contribution in [0.1, 0.15) is 5.56 Å². The molecule has 0 unspecified atom stereocenters. The van der Waals surface area contributed by atoms with Gasteiger partial charge in [-0.15, -0.1) is 0 Å². The molecule has 0 amide bonds. The molecule has 2 rings (SSSR count). The Hall–Kier alpha value is -1.30. The third-order valence-electron chi connectivity index (χ3n) is 2.01. The number of hydrogen-bond acceptors (Lipinski definition) is 0. The molecule has 0 aliphatic carbocycles. The molecule has 2 aromatic carbocycles. The summed E-state index contributed by atoms with van der Waals surface area (Å²) >= 11 is 0. The van der Waals surface area contributed by atoms with E-state index in [-0.39, 0.29) is 0 Å². The van der Waals surface area contributed by atoms with Crippen LogP contribution in [0.25, 0.3) is 10.8 Å². The van der Waals surface area contributed by atoms with Gasteiger partial charge < -0.3 is 0 Å². The largest absolute Gasteiger partial charge is 0.0616 e. The minimum Gasteiger partial charge on any atom is -0.0616 e. The van der Waals surface area contributed by atoms with Crippen LogP contribution >= 0.6 is 0 Å². The van der Waals surface area contributed by atoms with Crippen molar-refractivity contribution in [1.29, 1.82) is 0 Å². The highest BCUT2D eigenvalue weighted by Gasteiger charge is 1.91. The SMILES string of the molecule is [11CH3]c1cccc2ccccc12. The Labute approximate surface area is 66.5 Å². The van der Waals surface area contributed by atoms with Gasteiger partial charge in [-0.1, -0.05) is 42.5 Å². The van der Waals surface area contributed by atoms with Crippen molar-refractivity contribution in [3.05, 3.63) is 48.0 Å². The van der Waals surface area contributed by atoms with Gasteiger partial charge in [-0.3, -0.25) is 0 Å². The zero-order valence-corrected chi connectivity index (χ0v) is 6.54. The van der Waals surface area contributed by atoms with Crippen LogP contribution in [-0.4, -0.2) is 0 Å². The second kappa shape index (κ2) is 2.39. The second-order valence-electron chi connectivity index (χ2n) is 2.80. The van der Waals surface area contributed by atoms with Crippen molar-refractivity contribution < 1.29 is 0 Å². The molecule has 0 aliphatic rings. The van der Waals surface area contributed by atoms with Gasteiger partial charge in [0.05, 0.1) is 0 Å². The molecule has 0 atom stereocenters. The van der Waals surface area contributed by atoms with Crippen molar-refractivity contribution in [3.8, 4) is 0 Å². The van der Waals surface area contributed by atoms with Crippen molar-refractivity contribution in [2.24, 2.45) is 0 Å². The summed E-state index contributed by atoms with van der Waals surface area (Å²) < 4.78 is 0. The van der Waals surface area contributed by atoms with Crippen molar-refractivity contribution in [2.45, 2.75) is 6.92 Å². The first-order chi connectivity index (χ1) is 5.38. The summed E-state index contributed by atoms with van der Waals surface area (Å²) in [6.07, 6.45) is 0. The molecular weight excluding hydrogens is 131 g/mol. The number of benzene rings is 2. The summed E-state index contributed by atoms with van der Waals surface area (Å²) in [4.78, 5) is 0. The predicted molar refractivity (Wildman–Crippen MR) is 48.7 cm³/mol. The van der Waals surface area contributed by atoms with Gasteiger partial charge in [-0.25, -0.2) is 0 Å². The summed E-state index contributed by atoms with van der Waals surface area (Å²) in [5.41, 5.74) is 1.35. The molecular formula is C11H10. The molecule has 0 bridgehead atoms. The quantitative estimate of drug-likeness (QED) is 0.528. The van der Waals surface area contributed by atoms with Gasteiger partial charge in [0.2, 0.25) is 0 Å². The number of hydrogen-bond donors (Lipinski definition) is 0. The van der Waals surface area contributed by atoms with E-state index in [9.17, 15) is 0 Å². The molecule has 0 aromatic heterocycles. The maximum atomic E-state index is 2.16. The van der Waals surface area contributed by atoms with Crippen LogP contribution in [0, 0.1) is 6.92 Å². The first kappa shape index (κ1) is 6.41. The summed E-state index contributed by atoms with van der Waals surface area (Å²) in [6.45, 7) is 2.14. The van der Waals surface area contributed by atoms with Gasteiger partial charge >= 0.3 is 0 Å². The van der Waals surface area contributed by atoms with Crippen LogP contribution in [0.4, 0.5) is 0 Å². The fourth-order valence-electron chi connectivity index (χ4n) is 1.39. The molecule has 54 valence electrons. The molecule has 0 spiro atoms. The molecule has 0 heteroatoms. The third-order valence-corrected chi connectivity index (χ3v) is 2.01. The highest BCUT2D eigenvalue weighted by molar-refractivity contribution is 5.85. The van der Waals surface area contributed by atoms with Gasteiger partial charge in [-0.2, -0.15) is 0 Å². The van der Waals surface area contributed by atoms with Gasteiger partial charge in [0.15, 0.2) is 0 Å². The van der Waals surface area contributed by atoms with E-state index in [0.29, 0.717) is 0 Å². The maximum Gasteiger partial charge on any atom is -0.0155 e. The van der Waals surface area contributed by atoms with E-state index in [0.717, 1.165) is 0 Å². The topological polar surface area (TPSA) is 0 Å². The van der Waals surface area contributed by atoms with E-state index in [1.807, 2.05) is 0 Å². The van der Waals surface area contributed by atoms with Crippen molar-refractivity contribution >= 4 is 10.8 Å². The Morgan fingerprint density at radius 3 is 2.36 bits per heavy atom. The normalized spacial score (nSPS) is 10.3. The lowest BCUT2D eigenvalue weighted by Gasteiger charge is -1.98. The summed E-state index contributed by atoms with van der Waals surface area (Å²) in [7, 11) is 0. The Morgan fingerprint density at radius 2 is 1.55 bits per heavy atom. The van der Waals surface area contributed by atoms with Crippen molar-refractivity contribution in [2.75, 3.05) is 0 Å². The minimum atomic E-state index is 1.33.